The Labute approximate surface area is 140 Å². The maximum absolute atomic E-state index is 2.40. The molecule has 23 heavy (non-hydrogen) atoms. The first-order chi connectivity index (χ1) is 10.8. The molecule has 1 aliphatic rings. The molecule has 0 saturated carbocycles. The molecule has 0 saturated heterocycles. The number of aryl methyl sites for hydroxylation is 2. The van der Waals surface area contributed by atoms with Crippen molar-refractivity contribution in [1.82, 2.24) is 0 Å². The van der Waals surface area contributed by atoms with Crippen LogP contribution < -0.4 is 0 Å². The van der Waals surface area contributed by atoms with E-state index in [9.17, 15) is 0 Å². The molecule has 0 nitrogen and oxygen atoms in total. The SMILES string of the molecule is CC(C)=C1C=C(c2ccccc2)c2cc(C)c(C)cc2C1(C)C. The van der Waals surface area contributed by atoms with Gasteiger partial charge >= 0.3 is 0 Å². The van der Waals surface area contributed by atoms with Crippen LogP contribution in [-0.2, 0) is 5.41 Å². The summed E-state index contributed by atoms with van der Waals surface area (Å²) in [5, 5.41) is 0. The minimum absolute atomic E-state index is 0.0465. The molecule has 0 aromatic heterocycles. The molecule has 0 heterocycles. The van der Waals surface area contributed by atoms with Crippen LogP contribution in [0.2, 0.25) is 0 Å². The van der Waals surface area contributed by atoms with Crippen molar-refractivity contribution in [3.63, 3.8) is 0 Å². The highest BCUT2D eigenvalue weighted by Gasteiger charge is 2.33. The summed E-state index contributed by atoms with van der Waals surface area (Å²) in [5.41, 5.74) is 11.1. The van der Waals surface area contributed by atoms with Crippen LogP contribution in [0.3, 0.4) is 0 Å². The van der Waals surface area contributed by atoms with Crippen LogP contribution in [0, 0.1) is 13.8 Å². The van der Waals surface area contributed by atoms with Crippen LogP contribution in [0.15, 0.2) is 59.7 Å². The maximum Gasteiger partial charge on any atom is 0.0152 e. The van der Waals surface area contributed by atoms with E-state index >= 15 is 0 Å². The molecular formula is C23H26. The molecule has 0 fully saturated rings. The Balaban J connectivity index is 2.37. The van der Waals surface area contributed by atoms with Crippen LogP contribution in [0.5, 0.6) is 0 Å². The highest BCUT2D eigenvalue weighted by Crippen LogP contribution is 2.46. The molecule has 0 atom stereocenters. The van der Waals surface area contributed by atoms with Gasteiger partial charge in [0.05, 0.1) is 0 Å². The van der Waals surface area contributed by atoms with Crippen molar-refractivity contribution >= 4 is 5.57 Å². The second-order valence-electron chi connectivity index (χ2n) is 7.44. The summed E-state index contributed by atoms with van der Waals surface area (Å²) in [4.78, 5) is 0. The zero-order chi connectivity index (χ0) is 16.8. The molecule has 0 amide bonds. The van der Waals surface area contributed by atoms with Crippen LogP contribution in [-0.4, -0.2) is 0 Å². The lowest BCUT2D eigenvalue weighted by molar-refractivity contribution is 0.624. The van der Waals surface area contributed by atoms with Crippen LogP contribution in [0.1, 0.15) is 55.5 Å². The first-order valence-electron chi connectivity index (χ1n) is 8.39. The predicted octanol–water partition coefficient (Wildman–Crippen LogP) is 6.36. The topological polar surface area (TPSA) is 0 Å². The summed E-state index contributed by atoms with van der Waals surface area (Å²) >= 11 is 0. The number of rotatable bonds is 1. The maximum atomic E-state index is 2.40. The third-order valence-corrected chi connectivity index (χ3v) is 5.18. The Morgan fingerprint density at radius 2 is 1.48 bits per heavy atom. The highest BCUT2D eigenvalue weighted by molar-refractivity contribution is 5.87. The molecule has 118 valence electrons. The first-order valence-corrected chi connectivity index (χ1v) is 8.39. The van der Waals surface area contributed by atoms with Gasteiger partial charge in [-0.3, -0.25) is 0 Å². The molecule has 3 rings (SSSR count). The second-order valence-corrected chi connectivity index (χ2v) is 7.44. The van der Waals surface area contributed by atoms with Gasteiger partial charge in [-0.25, -0.2) is 0 Å². The molecule has 0 bridgehead atoms. The third kappa shape index (κ3) is 2.57. The minimum Gasteiger partial charge on any atom is -0.0723 e. The lowest BCUT2D eigenvalue weighted by Crippen LogP contribution is -2.26. The normalized spacial score (nSPS) is 15.9. The molecule has 0 spiro atoms. The second kappa shape index (κ2) is 5.53. The lowest BCUT2D eigenvalue weighted by Gasteiger charge is -2.36. The number of allylic oxidation sites excluding steroid dienone is 3. The smallest absolute Gasteiger partial charge is 0.0152 e. The van der Waals surface area contributed by atoms with Gasteiger partial charge < -0.3 is 0 Å². The number of benzene rings is 2. The van der Waals surface area contributed by atoms with Gasteiger partial charge in [0.2, 0.25) is 0 Å². The standard InChI is InChI=1S/C23H26/c1-15(2)21-14-19(18-10-8-7-9-11-18)20-12-16(3)17(4)13-22(20)23(21,5)6/h7-14H,1-6H3. The van der Waals surface area contributed by atoms with Crippen LogP contribution in [0.25, 0.3) is 5.57 Å². The summed E-state index contributed by atoms with van der Waals surface area (Å²) in [6.45, 7) is 13.6. The summed E-state index contributed by atoms with van der Waals surface area (Å²) in [7, 11) is 0. The monoisotopic (exact) mass is 302 g/mol. The Morgan fingerprint density at radius 1 is 0.870 bits per heavy atom. The quantitative estimate of drug-likeness (QED) is 0.574. The number of hydrogen-bond donors (Lipinski definition) is 0. The number of hydrogen-bond acceptors (Lipinski definition) is 0. The van der Waals surface area contributed by atoms with Crippen molar-refractivity contribution in [2.24, 2.45) is 0 Å². The fourth-order valence-corrected chi connectivity index (χ4v) is 3.73. The Morgan fingerprint density at radius 3 is 2.09 bits per heavy atom. The van der Waals surface area contributed by atoms with Gasteiger partial charge in [-0.05, 0) is 72.7 Å². The van der Waals surface area contributed by atoms with E-state index < -0.39 is 0 Å². The summed E-state index contributed by atoms with van der Waals surface area (Å²) in [6.07, 6.45) is 2.40. The van der Waals surface area contributed by atoms with Gasteiger partial charge in [-0.2, -0.15) is 0 Å². The van der Waals surface area contributed by atoms with Gasteiger partial charge in [0.1, 0.15) is 0 Å². The van der Waals surface area contributed by atoms with Gasteiger partial charge in [-0.15, -0.1) is 0 Å². The predicted molar refractivity (Wildman–Crippen MR) is 101 cm³/mol. The van der Waals surface area contributed by atoms with E-state index in [4.69, 9.17) is 0 Å². The van der Waals surface area contributed by atoms with Crippen molar-refractivity contribution in [3.8, 4) is 0 Å². The zero-order valence-electron chi connectivity index (χ0n) is 15.1. The molecule has 2 aromatic carbocycles. The molecule has 0 radical (unpaired) electrons. The van der Waals surface area contributed by atoms with Crippen LogP contribution >= 0.6 is 0 Å². The summed E-state index contributed by atoms with van der Waals surface area (Å²) in [5.74, 6) is 0. The molecular weight excluding hydrogens is 276 g/mol. The van der Waals surface area contributed by atoms with Crippen molar-refractivity contribution < 1.29 is 0 Å². The van der Waals surface area contributed by atoms with E-state index in [1.807, 2.05) is 0 Å². The zero-order valence-corrected chi connectivity index (χ0v) is 15.1. The van der Waals surface area contributed by atoms with Gasteiger partial charge in [-0.1, -0.05) is 61.9 Å². The number of fused-ring (bicyclic) bond motifs is 1. The third-order valence-electron chi connectivity index (χ3n) is 5.18. The van der Waals surface area contributed by atoms with E-state index in [-0.39, 0.29) is 5.41 Å². The molecule has 0 unspecified atom stereocenters. The van der Waals surface area contributed by atoms with Crippen LogP contribution in [0.4, 0.5) is 0 Å². The van der Waals surface area contributed by atoms with E-state index in [2.05, 4.69) is 90.1 Å². The van der Waals surface area contributed by atoms with Gasteiger partial charge in [0.25, 0.3) is 0 Å². The van der Waals surface area contributed by atoms with E-state index in [0.29, 0.717) is 0 Å². The lowest BCUT2D eigenvalue weighted by atomic mass is 9.67. The molecule has 2 aromatic rings. The fourth-order valence-electron chi connectivity index (χ4n) is 3.73. The highest BCUT2D eigenvalue weighted by atomic mass is 14.4. The van der Waals surface area contributed by atoms with Crippen molar-refractivity contribution in [2.45, 2.75) is 47.0 Å². The molecule has 0 N–H and O–H groups in total. The Hall–Kier alpha value is -2.08. The summed E-state index contributed by atoms with van der Waals surface area (Å²) < 4.78 is 0. The molecule has 0 heteroatoms. The Bertz CT molecular complexity index is 811. The molecule has 0 aliphatic heterocycles. The van der Waals surface area contributed by atoms with Crippen molar-refractivity contribution in [3.05, 3.63) is 87.5 Å². The van der Waals surface area contributed by atoms with E-state index in [1.165, 1.54) is 44.5 Å². The van der Waals surface area contributed by atoms with Gasteiger partial charge in [0.15, 0.2) is 0 Å². The summed E-state index contributed by atoms with van der Waals surface area (Å²) in [6, 6.07) is 15.5. The van der Waals surface area contributed by atoms with E-state index in [1.54, 1.807) is 0 Å². The average molecular weight is 302 g/mol. The minimum atomic E-state index is 0.0465. The largest absolute Gasteiger partial charge is 0.0723 e. The van der Waals surface area contributed by atoms with Gasteiger partial charge in [0, 0.05) is 5.41 Å². The van der Waals surface area contributed by atoms with Crippen molar-refractivity contribution in [1.29, 1.82) is 0 Å². The van der Waals surface area contributed by atoms with Crippen molar-refractivity contribution in [2.75, 3.05) is 0 Å². The Kier molecular flexibility index (Phi) is 3.80. The average Bonchev–Trinajstić information content (AvgIpc) is 2.50. The van der Waals surface area contributed by atoms with E-state index in [0.717, 1.165) is 0 Å². The first kappa shape index (κ1) is 15.8. The molecule has 1 aliphatic carbocycles. The fraction of sp³-hybridized carbons (Fsp3) is 0.304.